The van der Waals surface area contributed by atoms with Crippen molar-refractivity contribution in [3.63, 3.8) is 0 Å². The van der Waals surface area contributed by atoms with Crippen LogP contribution in [0, 0.1) is 5.92 Å². The predicted octanol–water partition coefficient (Wildman–Crippen LogP) is 2.16. The molecule has 2 fully saturated rings. The highest BCUT2D eigenvalue weighted by atomic mass is 32.2. The Morgan fingerprint density at radius 2 is 2.00 bits per heavy atom. The number of carbonyl (C=O) groups excluding carboxylic acids is 1. The van der Waals surface area contributed by atoms with Gasteiger partial charge in [0.15, 0.2) is 0 Å². The zero-order chi connectivity index (χ0) is 13.0. The van der Waals surface area contributed by atoms with Crippen molar-refractivity contribution in [1.29, 1.82) is 0 Å². The molecular weight excluding hydrogens is 244 g/mol. The zero-order valence-corrected chi connectivity index (χ0v) is 12.4. The lowest BCUT2D eigenvalue weighted by molar-refractivity contribution is -0.125. The molecule has 1 amide bonds. The van der Waals surface area contributed by atoms with E-state index in [9.17, 15) is 4.79 Å². The number of nitrogens with one attached hydrogen (secondary N) is 2. The first-order valence-electron chi connectivity index (χ1n) is 7.29. The molecule has 2 N–H and O–H groups in total. The van der Waals surface area contributed by atoms with Crippen LogP contribution >= 0.6 is 11.8 Å². The number of piperidine rings is 1. The van der Waals surface area contributed by atoms with E-state index in [2.05, 4.69) is 23.8 Å². The van der Waals surface area contributed by atoms with E-state index in [4.69, 9.17) is 0 Å². The quantitative estimate of drug-likeness (QED) is 0.826. The average Bonchev–Trinajstić information content (AvgIpc) is 2.39. The summed E-state index contributed by atoms with van der Waals surface area (Å²) in [5.41, 5.74) is 0. The van der Waals surface area contributed by atoms with Gasteiger partial charge in [0.25, 0.3) is 0 Å². The second-order valence-corrected chi connectivity index (χ2v) is 6.80. The van der Waals surface area contributed by atoms with Crippen LogP contribution in [0.15, 0.2) is 0 Å². The molecule has 0 radical (unpaired) electrons. The van der Waals surface area contributed by atoms with E-state index in [-0.39, 0.29) is 11.9 Å². The molecule has 1 heterocycles. The van der Waals surface area contributed by atoms with Crippen molar-refractivity contribution in [3.05, 3.63) is 0 Å². The molecule has 0 aromatic rings. The van der Waals surface area contributed by atoms with E-state index >= 15 is 0 Å². The van der Waals surface area contributed by atoms with Crippen LogP contribution in [0.1, 0.15) is 45.4 Å². The van der Waals surface area contributed by atoms with Crippen molar-refractivity contribution >= 4 is 17.7 Å². The molecule has 2 rings (SSSR count). The van der Waals surface area contributed by atoms with Crippen LogP contribution in [0.4, 0.5) is 0 Å². The van der Waals surface area contributed by atoms with Gasteiger partial charge in [0.1, 0.15) is 0 Å². The lowest BCUT2D eigenvalue weighted by atomic mass is 9.90. The van der Waals surface area contributed by atoms with Gasteiger partial charge in [-0.3, -0.25) is 4.79 Å². The molecule has 0 aromatic heterocycles. The summed E-state index contributed by atoms with van der Waals surface area (Å²) in [6.07, 6.45) is 9.50. The number of amides is 1. The SMILES string of the molecule is CSC1CCCCC1NC(=O)C1NCCCC1C. The first kappa shape index (κ1) is 14.2. The minimum Gasteiger partial charge on any atom is -0.351 e. The summed E-state index contributed by atoms with van der Waals surface area (Å²) in [5, 5.41) is 7.28. The molecule has 4 unspecified atom stereocenters. The molecule has 1 aliphatic carbocycles. The fourth-order valence-corrected chi connectivity index (χ4v) is 4.15. The van der Waals surface area contributed by atoms with Crippen LogP contribution in [-0.4, -0.2) is 36.0 Å². The normalized spacial score (nSPS) is 37.2. The fraction of sp³-hybridized carbons (Fsp3) is 0.929. The van der Waals surface area contributed by atoms with E-state index in [1.807, 2.05) is 11.8 Å². The van der Waals surface area contributed by atoms with Gasteiger partial charge in [0.2, 0.25) is 5.91 Å². The molecule has 1 saturated heterocycles. The van der Waals surface area contributed by atoms with Gasteiger partial charge in [0, 0.05) is 11.3 Å². The maximum absolute atomic E-state index is 12.4. The van der Waals surface area contributed by atoms with Gasteiger partial charge in [-0.15, -0.1) is 0 Å². The van der Waals surface area contributed by atoms with Gasteiger partial charge >= 0.3 is 0 Å². The van der Waals surface area contributed by atoms with Gasteiger partial charge in [-0.2, -0.15) is 11.8 Å². The highest BCUT2D eigenvalue weighted by Gasteiger charge is 2.31. The van der Waals surface area contributed by atoms with E-state index < -0.39 is 0 Å². The Balaban J connectivity index is 1.88. The first-order valence-corrected chi connectivity index (χ1v) is 8.57. The molecule has 0 aromatic carbocycles. The second-order valence-electron chi connectivity index (χ2n) is 5.72. The molecule has 4 atom stereocenters. The summed E-state index contributed by atoms with van der Waals surface area (Å²) < 4.78 is 0. The lowest BCUT2D eigenvalue weighted by Crippen LogP contribution is -2.55. The number of hydrogen-bond acceptors (Lipinski definition) is 3. The van der Waals surface area contributed by atoms with Crippen LogP contribution in [0.5, 0.6) is 0 Å². The summed E-state index contributed by atoms with van der Waals surface area (Å²) in [6, 6.07) is 0.417. The van der Waals surface area contributed by atoms with Crippen LogP contribution in [0.3, 0.4) is 0 Å². The molecular formula is C14H26N2OS. The monoisotopic (exact) mass is 270 g/mol. The van der Waals surface area contributed by atoms with Crippen molar-refractivity contribution < 1.29 is 4.79 Å². The predicted molar refractivity (Wildman–Crippen MR) is 77.9 cm³/mol. The Labute approximate surface area is 115 Å². The zero-order valence-electron chi connectivity index (χ0n) is 11.6. The van der Waals surface area contributed by atoms with Crippen molar-refractivity contribution in [2.75, 3.05) is 12.8 Å². The highest BCUT2D eigenvalue weighted by molar-refractivity contribution is 7.99. The Kier molecular flexibility index (Phi) is 5.37. The van der Waals surface area contributed by atoms with Crippen LogP contribution in [-0.2, 0) is 4.79 Å². The van der Waals surface area contributed by atoms with Crippen molar-refractivity contribution in [1.82, 2.24) is 10.6 Å². The van der Waals surface area contributed by atoms with Gasteiger partial charge in [-0.25, -0.2) is 0 Å². The van der Waals surface area contributed by atoms with Crippen LogP contribution < -0.4 is 10.6 Å². The maximum Gasteiger partial charge on any atom is 0.237 e. The number of thioether (sulfide) groups is 1. The highest BCUT2D eigenvalue weighted by Crippen LogP contribution is 2.27. The molecule has 1 saturated carbocycles. The molecule has 1 aliphatic heterocycles. The summed E-state index contributed by atoms with van der Waals surface area (Å²) in [5.74, 6) is 0.697. The molecule has 4 heteroatoms. The maximum atomic E-state index is 12.4. The van der Waals surface area contributed by atoms with Crippen LogP contribution in [0.2, 0.25) is 0 Å². The van der Waals surface area contributed by atoms with E-state index in [0.717, 1.165) is 13.0 Å². The minimum absolute atomic E-state index is 0.0307. The molecule has 18 heavy (non-hydrogen) atoms. The van der Waals surface area contributed by atoms with Crippen LogP contribution in [0.25, 0.3) is 0 Å². The summed E-state index contributed by atoms with van der Waals surface area (Å²) in [7, 11) is 0. The largest absolute Gasteiger partial charge is 0.351 e. The standard InChI is InChI=1S/C14H26N2OS/c1-10-6-5-9-15-13(10)14(17)16-11-7-3-4-8-12(11)18-2/h10-13,15H,3-9H2,1-2H3,(H,16,17). The minimum atomic E-state index is 0.0307. The first-order chi connectivity index (χ1) is 8.72. The summed E-state index contributed by atoms with van der Waals surface area (Å²) >= 11 is 1.91. The smallest absolute Gasteiger partial charge is 0.237 e. The Bertz CT molecular complexity index is 285. The Morgan fingerprint density at radius 3 is 2.72 bits per heavy atom. The molecule has 0 bridgehead atoms. The Hall–Kier alpha value is -0.220. The van der Waals surface area contributed by atoms with Gasteiger partial charge < -0.3 is 10.6 Å². The van der Waals surface area contributed by atoms with Gasteiger partial charge in [0.05, 0.1) is 6.04 Å². The van der Waals surface area contributed by atoms with E-state index in [1.165, 1.54) is 32.1 Å². The molecule has 3 nitrogen and oxygen atoms in total. The topological polar surface area (TPSA) is 41.1 Å². The van der Waals surface area contributed by atoms with Gasteiger partial charge in [-0.1, -0.05) is 19.8 Å². The van der Waals surface area contributed by atoms with Gasteiger partial charge in [-0.05, 0) is 44.4 Å². The summed E-state index contributed by atoms with van der Waals surface area (Å²) in [6.45, 7) is 3.17. The van der Waals surface area contributed by atoms with Crippen molar-refractivity contribution in [2.45, 2.75) is 62.8 Å². The summed E-state index contributed by atoms with van der Waals surface area (Å²) in [4.78, 5) is 12.4. The number of hydrogen-bond donors (Lipinski definition) is 2. The fourth-order valence-electron chi connectivity index (χ4n) is 3.22. The molecule has 104 valence electrons. The van der Waals surface area contributed by atoms with E-state index in [1.54, 1.807) is 0 Å². The third-order valence-electron chi connectivity index (χ3n) is 4.38. The third-order valence-corrected chi connectivity index (χ3v) is 5.55. The average molecular weight is 270 g/mol. The second kappa shape index (κ2) is 6.80. The number of rotatable bonds is 3. The molecule has 2 aliphatic rings. The third kappa shape index (κ3) is 3.41. The van der Waals surface area contributed by atoms with E-state index in [0.29, 0.717) is 17.2 Å². The van der Waals surface area contributed by atoms with Crippen molar-refractivity contribution in [2.24, 2.45) is 5.92 Å². The molecule has 0 spiro atoms. The lowest BCUT2D eigenvalue weighted by Gasteiger charge is -2.34. The number of carbonyl (C=O) groups is 1. The van der Waals surface area contributed by atoms with Crippen molar-refractivity contribution in [3.8, 4) is 0 Å². The Morgan fingerprint density at radius 1 is 1.22 bits per heavy atom.